The maximum absolute atomic E-state index is 12.0. The zero-order chi connectivity index (χ0) is 14.1. The maximum atomic E-state index is 12.0. The summed E-state index contributed by atoms with van der Waals surface area (Å²) in [6.07, 6.45) is 0.830. The number of aromatic nitrogens is 2. The Labute approximate surface area is 130 Å². The molecule has 0 radical (unpaired) electrons. The second-order valence-electron chi connectivity index (χ2n) is 4.96. The average molecular weight is 352 g/mol. The van der Waals surface area contributed by atoms with Gasteiger partial charge in [0.2, 0.25) is 0 Å². The van der Waals surface area contributed by atoms with Gasteiger partial charge in [0.1, 0.15) is 0 Å². The van der Waals surface area contributed by atoms with Crippen LogP contribution in [0.15, 0.2) is 33.5 Å². The number of hydrogen-bond acceptors (Lipinski definition) is 3. The first-order valence-electron chi connectivity index (χ1n) is 6.43. The van der Waals surface area contributed by atoms with Crippen molar-refractivity contribution in [3.05, 3.63) is 60.7 Å². The average Bonchev–Trinajstić information content (AvgIpc) is 2.39. The SMILES string of the molecule is O=c1[nH]c(=S)[nH]c2c1CN(Cc1cccc(Br)c1)CC2. The molecule has 104 valence electrons. The number of hydrogen-bond donors (Lipinski definition) is 2. The van der Waals surface area contributed by atoms with Gasteiger partial charge in [-0.2, -0.15) is 0 Å². The van der Waals surface area contributed by atoms with Gasteiger partial charge in [0, 0.05) is 36.2 Å². The Morgan fingerprint density at radius 2 is 2.20 bits per heavy atom. The summed E-state index contributed by atoms with van der Waals surface area (Å²) >= 11 is 8.49. The van der Waals surface area contributed by atoms with Gasteiger partial charge in [-0.1, -0.05) is 28.1 Å². The molecule has 3 rings (SSSR count). The Morgan fingerprint density at radius 3 is 3.00 bits per heavy atom. The lowest BCUT2D eigenvalue weighted by Crippen LogP contribution is -2.35. The Balaban J connectivity index is 1.82. The van der Waals surface area contributed by atoms with Crippen molar-refractivity contribution in [2.24, 2.45) is 0 Å². The van der Waals surface area contributed by atoms with E-state index in [2.05, 4.69) is 42.9 Å². The first-order valence-corrected chi connectivity index (χ1v) is 7.63. The van der Waals surface area contributed by atoms with Crippen LogP contribution in [0.2, 0.25) is 0 Å². The molecule has 0 spiro atoms. The molecule has 1 aromatic carbocycles. The van der Waals surface area contributed by atoms with Crippen molar-refractivity contribution in [1.29, 1.82) is 0 Å². The number of nitrogens with zero attached hydrogens (tertiary/aromatic N) is 1. The van der Waals surface area contributed by atoms with Crippen LogP contribution in [0.3, 0.4) is 0 Å². The van der Waals surface area contributed by atoms with Crippen molar-refractivity contribution in [1.82, 2.24) is 14.9 Å². The van der Waals surface area contributed by atoms with Gasteiger partial charge in [0.25, 0.3) is 5.56 Å². The number of fused-ring (bicyclic) bond motifs is 1. The molecule has 2 aromatic rings. The van der Waals surface area contributed by atoms with Gasteiger partial charge in [-0.15, -0.1) is 0 Å². The molecule has 0 bridgehead atoms. The quantitative estimate of drug-likeness (QED) is 0.818. The Bertz CT molecular complexity index is 753. The van der Waals surface area contributed by atoms with Gasteiger partial charge in [0.15, 0.2) is 4.77 Å². The predicted molar refractivity (Wildman–Crippen MR) is 84.2 cm³/mol. The molecule has 0 amide bonds. The summed E-state index contributed by atoms with van der Waals surface area (Å²) in [4.78, 5) is 20.0. The second-order valence-corrected chi connectivity index (χ2v) is 6.28. The molecule has 20 heavy (non-hydrogen) atoms. The molecule has 1 aliphatic heterocycles. The first-order chi connectivity index (χ1) is 9.61. The molecule has 4 nitrogen and oxygen atoms in total. The minimum absolute atomic E-state index is 0.0670. The number of aromatic amines is 2. The summed E-state index contributed by atoms with van der Waals surface area (Å²) in [5.41, 5.74) is 2.95. The molecular formula is C14H14BrN3OS. The highest BCUT2D eigenvalue weighted by Crippen LogP contribution is 2.18. The number of nitrogens with one attached hydrogen (secondary N) is 2. The first kappa shape index (κ1) is 13.7. The van der Waals surface area contributed by atoms with Crippen LogP contribution in [0.4, 0.5) is 0 Å². The zero-order valence-electron chi connectivity index (χ0n) is 10.8. The highest BCUT2D eigenvalue weighted by Gasteiger charge is 2.19. The molecule has 0 saturated heterocycles. The van der Waals surface area contributed by atoms with E-state index in [1.807, 2.05) is 12.1 Å². The lowest BCUT2D eigenvalue weighted by molar-refractivity contribution is 0.241. The monoisotopic (exact) mass is 351 g/mol. The third-order valence-electron chi connectivity index (χ3n) is 3.48. The minimum atomic E-state index is -0.0670. The smallest absolute Gasteiger partial charge is 0.256 e. The molecule has 6 heteroatoms. The Kier molecular flexibility index (Phi) is 3.87. The fraction of sp³-hybridized carbons (Fsp3) is 0.286. The van der Waals surface area contributed by atoms with E-state index in [9.17, 15) is 4.79 Å². The van der Waals surface area contributed by atoms with Crippen LogP contribution in [0, 0.1) is 4.77 Å². The van der Waals surface area contributed by atoms with Crippen molar-refractivity contribution in [2.75, 3.05) is 6.54 Å². The standard InChI is InChI=1S/C14H14BrN3OS/c15-10-3-1-2-9(6-10)7-18-5-4-12-11(8-18)13(19)17-14(20)16-12/h1-3,6H,4-5,7-8H2,(H2,16,17,19,20). The van der Waals surface area contributed by atoms with Crippen LogP contribution in [0.25, 0.3) is 0 Å². The van der Waals surface area contributed by atoms with E-state index < -0.39 is 0 Å². The number of H-pyrrole nitrogens is 2. The molecule has 0 unspecified atom stereocenters. The van der Waals surface area contributed by atoms with E-state index in [1.165, 1.54) is 5.56 Å². The van der Waals surface area contributed by atoms with E-state index >= 15 is 0 Å². The minimum Gasteiger partial charge on any atom is -0.335 e. The number of halogens is 1. The van der Waals surface area contributed by atoms with Crippen LogP contribution in [0.5, 0.6) is 0 Å². The topological polar surface area (TPSA) is 51.9 Å². The fourth-order valence-electron chi connectivity index (χ4n) is 2.54. The van der Waals surface area contributed by atoms with Crippen molar-refractivity contribution in [3.63, 3.8) is 0 Å². The van der Waals surface area contributed by atoms with Gasteiger partial charge in [-0.3, -0.25) is 14.7 Å². The van der Waals surface area contributed by atoms with Crippen molar-refractivity contribution < 1.29 is 0 Å². The normalized spacial score (nSPS) is 15.1. The Hall–Kier alpha value is -1.24. The fourth-order valence-corrected chi connectivity index (χ4v) is 3.20. The van der Waals surface area contributed by atoms with E-state index in [0.29, 0.717) is 11.3 Å². The van der Waals surface area contributed by atoms with Crippen LogP contribution >= 0.6 is 28.1 Å². The summed E-state index contributed by atoms with van der Waals surface area (Å²) in [7, 11) is 0. The van der Waals surface area contributed by atoms with E-state index in [4.69, 9.17) is 12.2 Å². The van der Waals surface area contributed by atoms with Gasteiger partial charge in [-0.25, -0.2) is 0 Å². The van der Waals surface area contributed by atoms with Gasteiger partial charge >= 0.3 is 0 Å². The molecule has 1 aliphatic rings. The molecule has 0 aliphatic carbocycles. The van der Waals surface area contributed by atoms with Crippen LogP contribution in [-0.2, 0) is 19.5 Å². The molecule has 1 aromatic heterocycles. The number of benzene rings is 1. The molecule has 0 fully saturated rings. The Morgan fingerprint density at radius 1 is 1.35 bits per heavy atom. The van der Waals surface area contributed by atoms with Crippen molar-refractivity contribution in [2.45, 2.75) is 19.5 Å². The molecule has 2 heterocycles. The van der Waals surface area contributed by atoms with Gasteiger partial charge < -0.3 is 4.98 Å². The molecule has 0 saturated carbocycles. The van der Waals surface area contributed by atoms with Crippen molar-refractivity contribution >= 4 is 28.1 Å². The summed E-state index contributed by atoms with van der Waals surface area (Å²) in [5.74, 6) is 0. The summed E-state index contributed by atoms with van der Waals surface area (Å²) < 4.78 is 1.49. The van der Waals surface area contributed by atoms with E-state index in [0.717, 1.165) is 35.2 Å². The van der Waals surface area contributed by atoms with Gasteiger partial charge in [-0.05, 0) is 29.9 Å². The molecular weight excluding hydrogens is 338 g/mol. The van der Waals surface area contributed by atoms with E-state index in [-0.39, 0.29) is 5.56 Å². The highest BCUT2D eigenvalue weighted by atomic mass is 79.9. The maximum Gasteiger partial charge on any atom is 0.256 e. The predicted octanol–water partition coefficient (Wildman–Crippen LogP) is 2.75. The second kappa shape index (κ2) is 5.63. The lowest BCUT2D eigenvalue weighted by Gasteiger charge is -2.27. The van der Waals surface area contributed by atoms with Crippen LogP contribution in [-0.4, -0.2) is 21.4 Å². The van der Waals surface area contributed by atoms with Crippen molar-refractivity contribution in [3.8, 4) is 0 Å². The zero-order valence-corrected chi connectivity index (χ0v) is 13.2. The largest absolute Gasteiger partial charge is 0.335 e. The summed E-state index contributed by atoms with van der Waals surface area (Å²) in [6.45, 7) is 2.42. The third kappa shape index (κ3) is 2.92. The third-order valence-corrected chi connectivity index (χ3v) is 4.18. The molecule has 0 atom stereocenters. The summed E-state index contributed by atoms with van der Waals surface area (Å²) in [5, 5.41) is 0. The van der Waals surface area contributed by atoms with Crippen LogP contribution < -0.4 is 5.56 Å². The van der Waals surface area contributed by atoms with Gasteiger partial charge in [0.05, 0.1) is 5.56 Å². The molecule has 2 N–H and O–H groups in total. The lowest BCUT2D eigenvalue weighted by atomic mass is 10.1. The summed E-state index contributed by atoms with van der Waals surface area (Å²) in [6, 6.07) is 8.25. The highest BCUT2D eigenvalue weighted by molar-refractivity contribution is 9.10. The van der Waals surface area contributed by atoms with E-state index in [1.54, 1.807) is 0 Å². The number of rotatable bonds is 2. The van der Waals surface area contributed by atoms with Crippen LogP contribution in [0.1, 0.15) is 16.8 Å².